The van der Waals surface area contributed by atoms with Crippen LogP contribution in [0.3, 0.4) is 0 Å². The molecule has 2 nitrogen and oxygen atoms in total. The lowest BCUT2D eigenvalue weighted by atomic mass is 9.77. The van der Waals surface area contributed by atoms with E-state index in [0.717, 1.165) is 23.9 Å². The van der Waals surface area contributed by atoms with Crippen LogP contribution in [-0.4, -0.2) is 23.7 Å². The van der Waals surface area contributed by atoms with Crippen molar-refractivity contribution in [1.82, 2.24) is 0 Å². The minimum atomic E-state index is 0.119. The topological polar surface area (TPSA) is 35.2 Å². The van der Waals surface area contributed by atoms with Gasteiger partial charge in [-0.3, -0.25) is 0 Å². The number of ether oxygens (including phenoxy) is 1. The fourth-order valence-electron chi connectivity index (χ4n) is 3.55. The maximum Gasteiger partial charge on any atom is 0.0701 e. The van der Waals surface area contributed by atoms with Gasteiger partial charge in [-0.15, -0.1) is 0 Å². The van der Waals surface area contributed by atoms with Gasteiger partial charge >= 0.3 is 0 Å². The number of aryl methyl sites for hydroxylation is 1. The second-order valence-corrected chi connectivity index (χ2v) is 8.51. The smallest absolute Gasteiger partial charge is 0.0701 e. The van der Waals surface area contributed by atoms with Crippen molar-refractivity contribution in [3.63, 3.8) is 0 Å². The number of nitrogens with two attached hydrogens (primary N) is 1. The van der Waals surface area contributed by atoms with Crippen molar-refractivity contribution in [2.24, 2.45) is 11.7 Å². The highest BCUT2D eigenvalue weighted by atomic mass is 79.9. The highest BCUT2D eigenvalue weighted by Gasteiger charge is 2.40. The van der Waals surface area contributed by atoms with Gasteiger partial charge in [0.15, 0.2) is 0 Å². The van der Waals surface area contributed by atoms with Crippen molar-refractivity contribution < 1.29 is 4.74 Å². The molecular weight excluding hydrogens is 346 g/mol. The standard InChI is InChI=1S/C17H24BrNOS/c1-12-2-3-13(10-15(12)18)16(19)14-4-7-20-17(11-14)5-8-21-9-6-17/h2-3,10,14,16H,4-9,11,19H2,1H3. The monoisotopic (exact) mass is 369 g/mol. The largest absolute Gasteiger partial charge is 0.375 e. The summed E-state index contributed by atoms with van der Waals surface area (Å²) in [5.74, 6) is 3.01. The zero-order valence-electron chi connectivity index (χ0n) is 12.6. The second kappa shape index (κ2) is 6.61. The molecular formula is C17H24BrNOS. The predicted molar refractivity (Wildman–Crippen MR) is 93.8 cm³/mol. The van der Waals surface area contributed by atoms with Crippen LogP contribution in [0.15, 0.2) is 22.7 Å². The molecule has 0 radical (unpaired) electrons. The molecule has 2 N–H and O–H groups in total. The molecule has 2 aliphatic heterocycles. The first kappa shape index (κ1) is 15.9. The first-order valence-electron chi connectivity index (χ1n) is 7.83. The third kappa shape index (κ3) is 3.49. The van der Waals surface area contributed by atoms with Crippen molar-refractivity contribution in [2.75, 3.05) is 18.1 Å². The van der Waals surface area contributed by atoms with Crippen molar-refractivity contribution in [1.29, 1.82) is 0 Å². The number of halogens is 1. The molecule has 2 saturated heterocycles. The molecule has 3 rings (SSSR count). The molecule has 0 bridgehead atoms. The molecule has 21 heavy (non-hydrogen) atoms. The molecule has 0 saturated carbocycles. The Labute approximate surface area is 140 Å². The Morgan fingerprint density at radius 1 is 1.38 bits per heavy atom. The molecule has 4 heteroatoms. The maximum absolute atomic E-state index is 6.60. The van der Waals surface area contributed by atoms with E-state index in [1.165, 1.54) is 35.5 Å². The summed E-state index contributed by atoms with van der Waals surface area (Å²) in [6.45, 7) is 2.98. The molecule has 2 atom stereocenters. The third-order valence-electron chi connectivity index (χ3n) is 5.02. The van der Waals surface area contributed by atoms with E-state index < -0.39 is 0 Å². The Morgan fingerprint density at radius 2 is 2.14 bits per heavy atom. The minimum Gasteiger partial charge on any atom is -0.375 e. The Bertz CT molecular complexity index is 496. The van der Waals surface area contributed by atoms with E-state index in [0.29, 0.717) is 5.92 Å². The molecule has 2 aliphatic rings. The summed E-state index contributed by atoms with van der Waals surface area (Å²) in [6.07, 6.45) is 4.60. The normalized spacial score (nSPS) is 26.7. The number of benzene rings is 1. The van der Waals surface area contributed by atoms with Crippen molar-refractivity contribution in [3.05, 3.63) is 33.8 Å². The van der Waals surface area contributed by atoms with Crippen LogP contribution in [0.1, 0.15) is 42.9 Å². The molecule has 116 valence electrons. The molecule has 0 aromatic heterocycles. The molecule has 2 fully saturated rings. The van der Waals surface area contributed by atoms with E-state index >= 15 is 0 Å². The summed E-state index contributed by atoms with van der Waals surface area (Å²) in [4.78, 5) is 0. The van der Waals surface area contributed by atoms with Gasteiger partial charge in [-0.05, 0) is 67.2 Å². The van der Waals surface area contributed by atoms with E-state index in [9.17, 15) is 0 Å². The summed E-state index contributed by atoms with van der Waals surface area (Å²) < 4.78 is 7.35. The van der Waals surface area contributed by atoms with Crippen molar-refractivity contribution in [2.45, 2.75) is 44.2 Å². The van der Waals surface area contributed by atoms with Gasteiger partial charge in [-0.1, -0.05) is 28.1 Å². The average molecular weight is 370 g/mol. The third-order valence-corrected chi connectivity index (χ3v) is 6.86. The number of hydrogen-bond acceptors (Lipinski definition) is 3. The summed E-state index contributed by atoms with van der Waals surface area (Å²) in [7, 11) is 0. The predicted octanol–water partition coefficient (Wildman–Crippen LogP) is 4.45. The van der Waals surface area contributed by atoms with Crippen LogP contribution in [0.2, 0.25) is 0 Å². The summed E-state index contributed by atoms with van der Waals surface area (Å²) >= 11 is 5.68. The average Bonchev–Trinajstić information content (AvgIpc) is 2.50. The van der Waals surface area contributed by atoms with Crippen LogP contribution < -0.4 is 5.73 Å². The summed E-state index contributed by atoms with van der Waals surface area (Å²) in [5.41, 5.74) is 9.23. The zero-order chi connectivity index (χ0) is 14.9. The highest BCUT2D eigenvalue weighted by Crippen LogP contribution is 2.43. The van der Waals surface area contributed by atoms with E-state index in [2.05, 4.69) is 52.8 Å². The molecule has 1 spiro atoms. The fraction of sp³-hybridized carbons (Fsp3) is 0.647. The van der Waals surface area contributed by atoms with Crippen LogP contribution in [0, 0.1) is 12.8 Å². The van der Waals surface area contributed by atoms with E-state index in [1.807, 2.05) is 0 Å². The highest BCUT2D eigenvalue weighted by molar-refractivity contribution is 9.10. The van der Waals surface area contributed by atoms with Gasteiger partial charge in [0.05, 0.1) is 5.60 Å². The van der Waals surface area contributed by atoms with Crippen molar-refractivity contribution >= 4 is 27.7 Å². The maximum atomic E-state index is 6.60. The van der Waals surface area contributed by atoms with E-state index in [1.54, 1.807) is 0 Å². The van der Waals surface area contributed by atoms with Crippen LogP contribution in [-0.2, 0) is 4.74 Å². The van der Waals surface area contributed by atoms with Crippen LogP contribution in [0.25, 0.3) is 0 Å². The molecule has 0 aliphatic carbocycles. The van der Waals surface area contributed by atoms with Crippen LogP contribution >= 0.6 is 27.7 Å². The fourth-order valence-corrected chi connectivity index (χ4v) is 5.19. The Balaban J connectivity index is 1.74. The van der Waals surface area contributed by atoms with Gasteiger partial charge in [0.25, 0.3) is 0 Å². The Morgan fingerprint density at radius 3 is 2.86 bits per heavy atom. The van der Waals surface area contributed by atoms with Gasteiger partial charge in [0, 0.05) is 17.1 Å². The lowest BCUT2D eigenvalue weighted by Crippen LogP contribution is -2.45. The quantitative estimate of drug-likeness (QED) is 0.835. The van der Waals surface area contributed by atoms with Gasteiger partial charge in [-0.2, -0.15) is 11.8 Å². The molecule has 2 heterocycles. The SMILES string of the molecule is Cc1ccc(C(N)C2CCOC3(CCSCC3)C2)cc1Br. The number of hydrogen-bond donors (Lipinski definition) is 1. The van der Waals surface area contributed by atoms with Gasteiger partial charge in [0.1, 0.15) is 0 Å². The Hall–Kier alpha value is -0.0300. The van der Waals surface area contributed by atoms with Gasteiger partial charge in [-0.25, -0.2) is 0 Å². The molecule has 1 aromatic carbocycles. The molecule has 2 unspecified atom stereocenters. The first-order chi connectivity index (χ1) is 10.1. The van der Waals surface area contributed by atoms with E-state index in [-0.39, 0.29) is 11.6 Å². The van der Waals surface area contributed by atoms with Crippen LogP contribution in [0.4, 0.5) is 0 Å². The first-order valence-corrected chi connectivity index (χ1v) is 9.78. The molecule has 1 aromatic rings. The Kier molecular flexibility index (Phi) is 4.99. The van der Waals surface area contributed by atoms with Crippen LogP contribution in [0.5, 0.6) is 0 Å². The number of thioether (sulfide) groups is 1. The van der Waals surface area contributed by atoms with Gasteiger partial charge < -0.3 is 10.5 Å². The zero-order valence-corrected chi connectivity index (χ0v) is 15.0. The second-order valence-electron chi connectivity index (χ2n) is 6.43. The summed E-state index contributed by atoms with van der Waals surface area (Å²) in [5, 5.41) is 0. The van der Waals surface area contributed by atoms with E-state index in [4.69, 9.17) is 10.5 Å². The van der Waals surface area contributed by atoms with Crippen molar-refractivity contribution in [3.8, 4) is 0 Å². The molecule has 0 amide bonds. The lowest BCUT2D eigenvalue weighted by Gasteiger charge is -2.44. The lowest BCUT2D eigenvalue weighted by molar-refractivity contribution is -0.105. The summed E-state index contributed by atoms with van der Waals surface area (Å²) in [6, 6.07) is 6.66. The minimum absolute atomic E-state index is 0.119. The van der Waals surface area contributed by atoms with Gasteiger partial charge in [0.2, 0.25) is 0 Å². The number of rotatable bonds is 2.